The largest absolute Gasteiger partial charge is 0.656 e. The van der Waals surface area contributed by atoms with Crippen molar-refractivity contribution < 1.29 is 118 Å². The number of amides is 1. The van der Waals surface area contributed by atoms with Gasteiger partial charge >= 0.3 is 6.09 Å². The van der Waals surface area contributed by atoms with Crippen LogP contribution in [-0.4, -0.2) is 54.0 Å². The zero-order valence-corrected chi connectivity index (χ0v) is 22.8. The molecule has 0 spiro atoms. The number of hydrogen-bond acceptors (Lipinski definition) is 3. The van der Waals surface area contributed by atoms with E-state index in [1.54, 1.807) is 4.90 Å². The van der Waals surface area contributed by atoms with Gasteiger partial charge in [-0.1, -0.05) is 25.1 Å². The summed E-state index contributed by atoms with van der Waals surface area (Å²) in [5, 5.41) is 14.0. The smallest absolute Gasteiger partial charge is 0.410 e. The van der Waals surface area contributed by atoms with Gasteiger partial charge in [0.15, 0.2) is 0 Å². The predicted octanol–water partition coefficient (Wildman–Crippen LogP) is 0.943. The molecule has 2 aliphatic heterocycles. The first-order valence-electron chi connectivity index (χ1n) is 5.13. The second-order valence-electron chi connectivity index (χ2n) is 3.84. The van der Waals surface area contributed by atoms with Gasteiger partial charge in [-0.25, -0.2) is 4.79 Å². The van der Waals surface area contributed by atoms with E-state index in [1.165, 1.54) is 6.08 Å². The van der Waals surface area contributed by atoms with Crippen LogP contribution in [0.3, 0.4) is 0 Å². The fourth-order valence-electron chi connectivity index (χ4n) is 2.23. The van der Waals surface area contributed by atoms with Crippen molar-refractivity contribution >= 4 is 6.09 Å². The van der Waals surface area contributed by atoms with Crippen molar-refractivity contribution in [2.75, 3.05) is 19.7 Å². The Morgan fingerprint density at radius 1 is 1.55 bits per heavy atom. The van der Waals surface area contributed by atoms with Crippen LogP contribution >= 0.6 is 0 Å². The molecular formula is C11H18N2O3UVWY-2. The summed E-state index contributed by atoms with van der Waals surface area (Å²) in [4.78, 5) is 13.2. The Morgan fingerprint density at radius 2 is 2.15 bits per heavy atom. The molecule has 9 heteroatoms. The number of nitrogens with zero attached hydrogens (tertiary/aromatic N) is 2. The van der Waals surface area contributed by atoms with E-state index in [4.69, 9.17) is 4.74 Å². The van der Waals surface area contributed by atoms with Crippen LogP contribution in [0.25, 0.3) is 5.32 Å². The molecule has 5 nitrogen and oxygen atoms in total. The SMILES string of the molecule is C=CCOC(=O)N1CC(O)C2[N-]CCC21.[CH3-].[U].[V].[W].[Y]. The number of carbonyl (C=O) groups excluding carboxylic acids is 1. The van der Waals surface area contributed by atoms with Crippen molar-refractivity contribution in [3.8, 4) is 0 Å². The minimum Gasteiger partial charge on any atom is -0.656 e. The number of carbonyl (C=O) groups is 1. The molecule has 0 saturated carbocycles. The Balaban J connectivity index is -0.000000256. The summed E-state index contributed by atoms with van der Waals surface area (Å²) in [6.45, 7) is 4.73. The minimum absolute atomic E-state index is 0. The van der Waals surface area contributed by atoms with E-state index in [-0.39, 0.29) is 136 Å². The molecule has 2 heterocycles. The maximum atomic E-state index is 11.6. The average molecular weight is 788 g/mol. The van der Waals surface area contributed by atoms with Gasteiger partial charge in [0.05, 0.1) is 6.10 Å². The standard InChI is InChI=1S/C10H15N2O3.CH3.U.V.W.Y/c1-2-5-15-10(14)12-6-8(13)9-7(12)3-4-11-9;;;;;/h2,7-9,13H,1,3-6H2;1H3;;;;/q2*-1;;;;. The maximum Gasteiger partial charge on any atom is 0.410 e. The molecule has 20 heavy (non-hydrogen) atoms. The van der Waals surface area contributed by atoms with Gasteiger partial charge < -0.3 is 27.5 Å². The molecule has 2 rings (SSSR count). The van der Waals surface area contributed by atoms with E-state index in [2.05, 4.69) is 11.9 Å². The fraction of sp³-hybridized carbons (Fsp3) is 0.636. The summed E-state index contributed by atoms with van der Waals surface area (Å²) in [7, 11) is 0. The maximum absolute atomic E-state index is 11.6. The molecule has 0 aromatic carbocycles. The molecule has 3 atom stereocenters. The summed E-state index contributed by atoms with van der Waals surface area (Å²) in [5.74, 6) is 0. The molecule has 2 saturated heterocycles. The summed E-state index contributed by atoms with van der Waals surface area (Å²) in [5.41, 5.74) is 0. The molecule has 1 N–H and O–H groups in total. The van der Waals surface area contributed by atoms with Crippen LogP contribution in [0.15, 0.2) is 12.7 Å². The van der Waals surface area contributed by atoms with Crippen molar-refractivity contribution in [2.45, 2.75) is 24.6 Å². The van der Waals surface area contributed by atoms with Crippen molar-refractivity contribution in [1.82, 2.24) is 4.90 Å². The molecule has 2 radical (unpaired) electrons. The summed E-state index contributed by atoms with van der Waals surface area (Å²) in [6.07, 6.45) is 1.44. The molecule has 0 bridgehead atoms. The predicted molar refractivity (Wildman–Crippen MR) is 61.1 cm³/mol. The summed E-state index contributed by atoms with van der Waals surface area (Å²) >= 11 is 0. The first kappa shape index (κ1) is 30.3. The molecule has 2 aliphatic rings. The first-order valence-corrected chi connectivity index (χ1v) is 5.13. The first-order chi connectivity index (χ1) is 7.24. The second-order valence-corrected chi connectivity index (χ2v) is 3.84. The van der Waals surface area contributed by atoms with Crippen molar-refractivity contribution in [2.24, 2.45) is 0 Å². The van der Waals surface area contributed by atoms with Gasteiger partial charge in [-0.15, -0.1) is 6.54 Å². The Bertz CT molecular complexity index is 292. The van der Waals surface area contributed by atoms with Crippen LogP contribution in [0.1, 0.15) is 6.42 Å². The zero-order valence-electron chi connectivity index (χ0n) is 11.4. The van der Waals surface area contributed by atoms with Gasteiger partial charge in [-0.2, -0.15) is 0 Å². The van der Waals surface area contributed by atoms with E-state index in [0.717, 1.165) is 13.0 Å². The molecule has 3 unspecified atom stereocenters. The zero-order chi connectivity index (χ0) is 10.8. The molecule has 0 aromatic heterocycles. The van der Waals surface area contributed by atoms with Crippen molar-refractivity contribution in [3.05, 3.63) is 25.4 Å². The van der Waals surface area contributed by atoms with Crippen LogP contribution in [0.5, 0.6) is 0 Å². The third kappa shape index (κ3) is 7.29. The Hall–Kier alpha value is 2.36. The van der Waals surface area contributed by atoms with E-state index in [0.29, 0.717) is 6.54 Å². The number of likely N-dealkylation sites (tertiary alicyclic amines) is 1. The average Bonchev–Trinajstić information content (AvgIpc) is 2.79. The van der Waals surface area contributed by atoms with Gasteiger partial charge in [-0.05, 0) is 0 Å². The monoisotopic (exact) mass is 788 g/mol. The number of fused-ring (bicyclic) bond motifs is 1. The number of hydrogen-bond donors (Lipinski definition) is 1. The Kier molecular flexibility index (Phi) is 22.6. The number of aliphatic hydroxyl groups excluding tert-OH is 1. The third-order valence-corrected chi connectivity index (χ3v) is 2.90. The van der Waals surface area contributed by atoms with Crippen molar-refractivity contribution in [1.29, 1.82) is 0 Å². The van der Waals surface area contributed by atoms with E-state index < -0.39 is 6.10 Å². The third-order valence-electron chi connectivity index (χ3n) is 2.90. The van der Waals surface area contributed by atoms with Gasteiger partial charge in [0.1, 0.15) is 6.61 Å². The van der Waals surface area contributed by atoms with Gasteiger partial charge in [0, 0.05) is 116 Å². The van der Waals surface area contributed by atoms with Crippen LogP contribution in [0.2, 0.25) is 0 Å². The molecular weight excluding hydrogens is 770 g/mol. The van der Waals surface area contributed by atoms with E-state index in [1.807, 2.05) is 0 Å². The Labute approximate surface area is 196 Å². The fourth-order valence-corrected chi connectivity index (χ4v) is 2.23. The molecule has 1 amide bonds. The second kappa shape index (κ2) is 14.9. The van der Waals surface area contributed by atoms with Crippen LogP contribution in [0.4, 0.5) is 4.79 Å². The molecule has 0 aromatic rings. The normalized spacial score (nSPS) is 25.4. The summed E-state index contributed by atoms with van der Waals surface area (Å²) in [6, 6.07) is -0.0846. The number of aliphatic hydroxyl groups is 1. The van der Waals surface area contributed by atoms with Gasteiger partial charge in [0.2, 0.25) is 0 Å². The quantitative estimate of drug-likeness (QED) is 0.336. The number of rotatable bonds is 2. The van der Waals surface area contributed by atoms with Crippen LogP contribution in [0, 0.1) is 38.5 Å². The van der Waals surface area contributed by atoms with Gasteiger partial charge in [0.25, 0.3) is 0 Å². The van der Waals surface area contributed by atoms with E-state index >= 15 is 0 Å². The van der Waals surface area contributed by atoms with Gasteiger partial charge in [-0.3, -0.25) is 0 Å². The number of β-amino-alcohol motifs (C(OH)–C–C–N with tert-alkyl or cyclic N) is 1. The molecule has 0 aliphatic carbocycles. The van der Waals surface area contributed by atoms with E-state index in [9.17, 15) is 9.90 Å². The molecule has 110 valence electrons. The topological polar surface area (TPSA) is 63.9 Å². The van der Waals surface area contributed by atoms with Crippen LogP contribution in [-0.2, 0) is 77.1 Å². The molecule has 2 fully saturated rings. The Morgan fingerprint density at radius 3 is 2.70 bits per heavy atom. The minimum atomic E-state index is -0.534. The number of ether oxygens (including phenoxy) is 1. The summed E-state index contributed by atoms with van der Waals surface area (Å²) < 4.78 is 4.95. The van der Waals surface area contributed by atoms with Crippen LogP contribution < -0.4 is 0 Å². The van der Waals surface area contributed by atoms with Crippen molar-refractivity contribution in [3.63, 3.8) is 0 Å².